The largest absolute Gasteiger partial charge is 0.416 e. The van der Waals surface area contributed by atoms with Crippen LogP contribution in [-0.2, 0) is 23.5 Å². The van der Waals surface area contributed by atoms with E-state index in [-0.39, 0.29) is 43.9 Å². The second kappa shape index (κ2) is 13.3. The number of benzene rings is 1. The van der Waals surface area contributed by atoms with Crippen LogP contribution in [-0.4, -0.2) is 53.7 Å². The molecule has 1 aromatic carbocycles. The Morgan fingerprint density at radius 2 is 1.93 bits per heavy atom. The second-order valence-corrected chi connectivity index (χ2v) is 10.9. The zero-order valence-corrected chi connectivity index (χ0v) is 23.9. The summed E-state index contributed by atoms with van der Waals surface area (Å²) in [5.41, 5.74) is 7.50. The molecule has 41 heavy (non-hydrogen) atoms. The SMILES string of the molecule is CCS(=O)c1c(C#N)nn(-c2c(Cl)cc(C(F)(F)F)cc2Cl)c1N.O=[N+]([O-])NC1=NCCN1Cc1ccc(Cl)nc1. The third-order valence-electron chi connectivity index (χ3n) is 5.31. The molecule has 1 unspecified atom stereocenters. The first kappa shape index (κ1) is 31.9. The van der Waals surface area contributed by atoms with Crippen molar-refractivity contribution in [1.29, 1.82) is 5.26 Å². The van der Waals surface area contributed by atoms with Crippen LogP contribution in [0.5, 0.6) is 0 Å². The molecule has 0 radical (unpaired) electrons. The van der Waals surface area contributed by atoms with Crippen molar-refractivity contribution in [1.82, 2.24) is 25.1 Å². The summed E-state index contributed by atoms with van der Waals surface area (Å²) in [5.74, 6) is 0.291. The number of halogens is 6. The Hall–Kier alpha value is -3.65. The minimum Gasteiger partial charge on any atom is -0.383 e. The molecule has 0 saturated carbocycles. The molecule has 0 bridgehead atoms. The van der Waals surface area contributed by atoms with E-state index in [0.29, 0.717) is 36.9 Å². The smallest absolute Gasteiger partial charge is 0.383 e. The van der Waals surface area contributed by atoms with Gasteiger partial charge in [-0.15, -0.1) is 0 Å². The quantitative estimate of drug-likeness (QED) is 0.222. The maximum absolute atomic E-state index is 12.8. The molecule has 12 nitrogen and oxygen atoms in total. The van der Waals surface area contributed by atoms with Gasteiger partial charge in [0.1, 0.15) is 27.6 Å². The summed E-state index contributed by atoms with van der Waals surface area (Å²) in [6, 6.07) is 6.61. The van der Waals surface area contributed by atoms with Crippen LogP contribution in [0.1, 0.15) is 23.7 Å². The summed E-state index contributed by atoms with van der Waals surface area (Å²) in [6.45, 7) is 3.34. The van der Waals surface area contributed by atoms with E-state index in [2.05, 4.69) is 20.5 Å². The highest BCUT2D eigenvalue weighted by Gasteiger charge is 2.33. The maximum Gasteiger partial charge on any atom is 0.416 e. The molecule has 0 fully saturated rings. The Bertz CT molecular complexity index is 1520. The number of hydrogen-bond acceptors (Lipinski definition) is 9. The normalized spacial score (nSPS) is 13.6. The van der Waals surface area contributed by atoms with Gasteiger partial charge in [0, 0.05) is 25.0 Å². The van der Waals surface area contributed by atoms with Gasteiger partial charge in [-0.25, -0.2) is 24.8 Å². The Morgan fingerprint density at radius 3 is 2.44 bits per heavy atom. The minimum atomic E-state index is -4.63. The van der Waals surface area contributed by atoms with Crippen molar-refractivity contribution in [3.05, 3.63) is 72.6 Å². The van der Waals surface area contributed by atoms with Crippen molar-refractivity contribution in [2.45, 2.75) is 24.5 Å². The van der Waals surface area contributed by atoms with Crippen LogP contribution in [0.25, 0.3) is 5.69 Å². The molecule has 1 aliphatic rings. The van der Waals surface area contributed by atoms with E-state index >= 15 is 0 Å². The standard InChI is InChI=1S/C13H9Cl2F3N4OS.C9H10ClN5O2/c1-2-24(23)11-9(5-19)21-22(12(11)20)10-7(14)3-6(4-8(10)15)13(16,17)18;10-8-2-1-7(5-12-8)6-14-4-3-11-9(14)13-15(16)17/h3-4H,2,20H2,1H3;1-2,5H,3-4,6H2,(H,11,13). The number of aliphatic imine (C=N–C) groups is 1. The number of nitro groups is 1. The van der Waals surface area contributed by atoms with Crippen molar-refractivity contribution >= 4 is 57.4 Å². The van der Waals surface area contributed by atoms with Crippen LogP contribution >= 0.6 is 34.8 Å². The number of anilines is 1. The summed E-state index contributed by atoms with van der Waals surface area (Å²) < 4.78 is 51.3. The summed E-state index contributed by atoms with van der Waals surface area (Å²) in [7, 11) is -1.60. The number of hydrogen-bond donors (Lipinski definition) is 2. The summed E-state index contributed by atoms with van der Waals surface area (Å²) >= 11 is 17.5. The number of alkyl halides is 3. The Balaban J connectivity index is 0.000000239. The zero-order chi connectivity index (χ0) is 30.5. The lowest BCUT2D eigenvalue weighted by Crippen LogP contribution is -2.40. The highest BCUT2D eigenvalue weighted by Crippen LogP contribution is 2.39. The Morgan fingerprint density at radius 1 is 1.27 bits per heavy atom. The summed E-state index contributed by atoms with van der Waals surface area (Å²) in [4.78, 5) is 20.1. The van der Waals surface area contributed by atoms with Gasteiger partial charge < -0.3 is 10.6 Å². The lowest BCUT2D eigenvalue weighted by atomic mass is 10.2. The predicted molar refractivity (Wildman–Crippen MR) is 147 cm³/mol. The van der Waals surface area contributed by atoms with Crippen molar-refractivity contribution in [2.24, 2.45) is 4.99 Å². The first-order valence-corrected chi connectivity index (χ1v) is 13.8. The molecular weight excluding hydrogens is 634 g/mol. The van der Waals surface area contributed by atoms with Crippen molar-refractivity contribution < 1.29 is 22.4 Å². The fourth-order valence-corrected chi connectivity index (χ4v) is 5.17. The van der Waals surface area contributed by atoms with E-state index < -0.39 is 27.6 Å². The summed E-state index contributed by atoms with van der Waals surface area (Å²) in [6.07, 6.45) is -2.99. The molecule has 1 atom stereocenters. The molecule has 4 rings (SSSR count). The van der Waals surface area contributed by atoms with Gasteiger partial charge in [0.15, 0.2) is 10.7 Å². The number of hydrazine groups is 1. The maximum atomic E-state index is 12.8. The predicted octanol–water partition coefficient (Wildman–Crippen LogP) is 4.47. The van der Waals surface area contributed by atoms with Gasteiger partial charge >= 0.3 is 6.18 Å². The number of aromatic nitrogens is 3. The molecule has 0 saturated heterocycles. The highest BCUT2D eigenvalue weighted by atomic mass is 35.5. The third-order valence-corrected chi connectivity index (χ3v) is 7.49. The van der Waals surface area contributed by atoms with Crippen molar-refractivity contribution in [3.8, 4) is 11.8 Å². The monoisotopic (exact) mass is 651 g/mol. The van der Waals surface area contributed by atoms with E-state index in [1.807, 2.05) is 6.07 Å². The Kier molecular flexibility index (Phi) is 10.4. The average Bonchev–Trinajstić information content (AvgIpc) is 3.47. The number of nitriles is 1. The molecule has 1 aliphatic heterocycles. The van der Waals surface area contributed by atoms with Crippen LogP contribution < -0.4 is 11.2 Å². The second-order valence-electron chi connectivity index (χ2n) is 7.99. The molecule has 218 valence electrons. The lowest BCUT2D eigenvalue weighted by molar-refractivity contribution is -0.526. The van der Waals surface area contributed by atoms with E-state index in [9.17, 15) is 27.5 Å². The lowest BCUT2D eigenvalue weighted by Gasteiger charge is -2.17. The van der Waals surface area contributed by atoms with E-state index in [4.69, 9.17) is 45.8 Å². The van der Waals surface area contributed by atoms with Crippen LogP contribution in [0.4, 0.5) is 19.0 Å². The van der Waals surface area contributed by atoms with Crippen LogP contribution in [0.15, 0.2) is 40.4 Å². The van der Waals surface area contributed by atoms with Crippen molar-refractivity contribution in [2.75, 3.05) is 24.6 Å². The van der Waals surface area contributed by atoms with Gasteiger partial charge in [0.05, 0.1) is 33.0 Å². The first-order valence-electron chi connectivity index (χ1n) is 11.3. The molecule has 0 amide bonds. The van der Waals surface area contributed by atoms with Gasteiger partial charge in [0.25, 0.3) is 5.96 Å². The fraction of sp³-hybridized carbons (Fsp3) is 0.273. The molecular formula is C22H19Cl3F3N9O3S. The minimum absolute atomic E-state index is 0.00738. The molecule has 0 aliphatic carbocycles. The number of nitrogens with zero attached hydrogens (tertiary/aromatic N) is 7. The van der Waals surface area contributed by atoms with Crippen molar-refractivity contribution in [3.63, 3.8) is 0 Å². The third kappa shape index (κ3) is 7.76. The number of rotatable bonds is 6. The van der Waals surface area contributed by atoms with Gasteiger partial charge in [-0.2, -0.15) is 23.5 Å². The molecule has 3 N–H and O–H groups in total. The average molecular weight is 653 g/mol. The molecule has 19 heteroatoms. The number of nitrogen functional groups attached to an aromatic ring is 1. The summed E-state index contributed by atoms with van der Waals surface area (Å²) in [5, 5.41) is 22.4. The number of pyridine rings is 1. The van der Waals surface area contributed by atoms with Crippen LogP contribution in [0, 0.1) is 21.4 Å². The first-order chi connectivity index (χ1) is 19.3. The van der Waals surface area contributed by atoms with Gasteiger partial charge in [-0.05, 0) is 23.8 Å². The molecule has 3 heterocycles. The van der Waals surface area contributed by atoms with Gasteiger partial charge in [-0.1, -0.05) is 53.2 Å². The Labute approximate surface area is 248 Å². The van der Waals surface area contributed by atoms with Gasteiger partial charge in [0.2, 0.25) is 0 Å². The van der Waals surface area contributed by atoms with E-state index in [1.165, 1.54) is 0 Å². The van der Waals surface area contributed by atoms with Gasteiger partial charge in [-0.3, -0.25) is 4.21 Å². The number of nitrogens with two attached hydrogens (primary N) is 1. The number of nitrogens with one attached hydrogen (secondary N) is 1. The van der Waals surface area contributed by atoms with E-state index in [0.717, 1.165) is 10.2 Å². The number of guanidine groups is 1. The molecule has 2 aromatic heterocycles. The van der Waals surface area contributed by atoms with E-state index in [1.54, 1.807) is 30.2 Å². The van der Waals surface area contributed by atoms with Crippen LogP contribution in [0.3, 0.4) is 0 Å². The molecule has 3 aromatic rings. The van der Waals surface area contributed by atoms with Crippen LogP contribution in [0.2, 0.25) is 15.2 Å². The highest BCUT2D eigenvalue weighted by molar-refractivity contribution is 7.85. The fourth-order valence-electron chi connectivity index (χ4n) is 3.51. The molecule has 0 spiro atoms. The topological polar surface area (TPSA) is 168 Å². The zero-order valence-electron chi connectivity index (χ0n) is 20.8.